The number of ether oxygens (including phenoxy) is 1. The van der Waals surface area contributed by atoms with Gasteiger partial charge in [0.05, 0.1) is 25.3 Å². The zero-order valence-corrected chi connectivity index (χ0v) is 11.1. The summed E-state index contributed by atoms with van der Waals surface area (Å²) in [5, 5.41) is 13.7. The van der Waals surface area contributed by atoms with Crippen LogP contribution < -0.4 is 10.5 Å². The highest BCUT2D eigenvalue weighted by molar-refractivity contribution is 5.70. The molecule has 6 heteroatoms. The second kappa shape index (κ2) is 5.07. The van der Waals surface area contributed by atoms with E-state index in [1.54, 1.807) is 18.0 Å². The molecule has 1 aromatic heterocycles. The molecule has 3 N–H and O–H groups in total. The van der Waals surface area contributed by atoms with Crippen LogP contribution >= 0.6 is 0 Å². The first-order valence-electron chi connectivity index (χ1n) is 6.37. The molecule has 1 aliphatic heterocycles. The molecule has 1 aromatic carbocycles. The Morgan fingerprint density at radius 2 is 2.10 bits per heavy atom. The third-order valence-electron chi connectivity index (χ3n) is 3.43. The summed E-state index contributed by atoms with van der Waals surface area (Å²) in [6, 6.07) is 9.52. The number of benzene rings is 1. The smallest absolute Gasteiger partial charge is 0.152 e. The van der Waals surface area contributed by atoms with Gasteiger partial charge < -0.3 is 15.6 Å². The summed E-state index contributed by atoms with van der Waals surface area (Å²) in [5.41, 5.74) is 7.84. The van der Waals surface area contributed by atoms with E-state index in [1.807, 2.05) is 30.3 Å². The first kappa shape index (κ1) is 12.8. The number of nitrogens with two attached hydrogens (primary N) is 1. The van der Waals surface area contributed by atoms with Crippen molar-refractivity contribution in [2.75, 3.05) is 13.7 Å². The summed E-state index contributed by atoms with van der Waals surface area (Å²) in [4.78, 5) is 4.29. The SMILES string of the molecule is COc1ccc(-c2cc3n(n2)C(N)C(CO)C=N3)cc1. The van der Waals surface area contributed by atoms with Crippen molar-refractivity contribution in [2.24, 2.45) is 16.6 Å². The summed E-state index contributed by atoms with van der Waals surface area (Å²) >= 11 is 0. The van der Waals surface area contributed by atoms with E-state index in [0.29, 0.717) is 5.82 Å². The molecule has 0 radical (unpaired) electrons. The van der Waals surface area contributed by atoms with Crippen LogP contribution in [0.4, 0.5) is 5.82 Å². The van der Waals surface area contributed by atoms with E-state index in [0.717, 1.165) is 17.0 Å². The molecule has 0 bridgehead atoms. The highest BCUT2D eigenvalue weighted by Gasteiger charge is 2.25. The van der Waals surface area contributed by atoms with Crippen LogP contribution in [0.5, 0.6) is 5.75 Å². The molecule has 0 saturated carbocycles. The maximum absolute atomic E-state index is 9.24. The standard InChI is InChI=1S/C14H16N4O2/c1-20-11-4-2-9(3-5-11)12-6-13-16-7-10(8-19)14(15)18(13)17-12/h2-7,10,14,19H,8,15H2,1H3. The van der Waals surface area contributed by atoms with Crippen molar-refractivity contribution >= 4 is 12.0 Å². The van der Waals surface area contributed by atoms with E-state index >= 15 is 0 Å². The minimum absolute atomic E-state index is 0.0398. The highest BCUT2D eigenvalue weighted by Crippen LogP contribution is 2.30. The topological polar surface area (TPSA) is 85.7 Å². The van der Waals surface area contributed by atoms with Gasteiger partial charge in [0.2, 0.25) is 0 Å². The van der Waals surface area contributed by atoms with Gasteiger partial charge in [-0.3, -0.25) is 0 Å². The average molecular weight is 272 g/mol. The Bertz CT molecular complexity index is 633. The van der Waals surface area contributed by atoms with Gasteiger partial charge in [-0.05, 0) is 24.3 Å². The second-order valence-corrected chi connectivity index (χ2v) is 4.68. The zero-order chi connectivity index (χ0) is 14.1. The third-order valence-corrected chi connectivity index (χ3v) is 3.43. The van der Waals surface area contributed by atoms with E-state index in [4.69, 9.17) is 10.5 Å². The molecular weight excluding hydrogens is 256 g/mol. The summed E-state index contributed by atoms with van der Waals surface area (Å²) in [6.45, 7) is -0.0398. The molecule has 1 aliphatic rings. The van der Waals surface area contributed by atoms with E-state index in [1.165, 1.54) is 0 Å². The number of rotatable bonds is 3. The number of aliphatic imine (C=N–C) groups is 1. The molecule has 6 nitrogen and oxygen atoms in total. The van der Waals surface area contributed by atoms with Crippen molar-refractivity contribution in [3.63, 3.8) is 0 Å². The molecule has 104 valence electrons. The molecule has 2 atom stereocenters. The first-order valence-corrected chi connectivity index (χ1v) is 6.37. The molecule has 0 aliphatic carbocycles. The van der Waals surface area contributed by atoms with Crippen LogP contribution in [-0.4, -0.2) is 34.8 Å². The van der Waals surface area contributed by atoms with E-state index in [9.17, 15) is 5.11 Å². The molecule has 3 rings (SSSR count). The Balaban J connectivity index is 1.95. The minimum Gasteiger partial charge on any atom is -0.497 e. The summed E-state index contributed by atoms with van der Waals surface area (Å²) in [7, 11) is 1.63. The van der Waals surface area contributed by atoms with Crippen LogP contribution in [0.3, 0.4) is 0 Å². The van der Waals surface area contributed by atoms with Gasteiger partial charge in [0.15, 0.2) is 5.82 Å². The normalized spacial score (nSPS) is 20.8. The first-order chi connectivity index (χ1) is 9.72. The monoisotopic (exact) mass is 272 g/mol. The quantitative estimate of drug-likeness (QED) is 0.883. The van der Waals surface area contributed by atoms with Crippen molar-refractivity contribution < 1.29 is 9.84 Å². The van der Waals surface area contributed by atoms with Gasteiger partial charge in [-0.15, -0.1) is 0 Å². The fraction of sp³-hybridized carbons (Fsp3) is 0.286. The van der Waals surface area contributed by atoms with Crippen molar-refractivity contribution in [3.8, 4) is 17.0 Å². The van der Waals surface area contributed by atoms with Gasteiger partial charge in [-0.2, -0.15) is 5.10 Å². The molecule has 0 saturated heterocycles. The van der Waals surface area contributed by atoms with Crippen LogP contribution in [0.15, 0.2) is 35.3 Å². The van der Waals surface area contributed by atoms with E-state index in [-0.39, 0.29) is 18.7 Å². The minimum atomic E-state index is -0.389. The van der Waals surface area contributed by atoms with Crippen LogP contribution in [-0.2, 0) is 0 Å². The van der Waals surface area contributed by atoms with Crippen molar-refractivity contribution in [1.29, 1.82) is 0 Å². The van der Waals surface area contributed by atoms with Gasteiger partial charge in [0.25, 0.3) is 0 Å². The molecular formula is C14H16N4O2. The summed E-state index contributed by atoms with van der Waals surface area (Å²) in [6.07, 6.45) is 1.29. The lowest BCUT2D eigenvalue weighted by molar-refractivity contribution is 0.217. The second-order valence-electron chi connectivity index (χ2n) is 4.68. The lowest BCUT2D eigenvalue weighted by atomic mass is 10.1. The number of hydrogen-bond acceptors (Lipinski definition) is 5. The Morgan fingerprint density at radius 1 is 1.35 bits per heavy atom. The van der Waals surface area contributed by atoms with Crippen LogP contribution in [0.1, 0.15) is 6.17 Å². The Labute approximate surface area is 116 Å². The van der Waals surface area contributed by atoms with Crippen molar-refractivity contribution in [2.45, 2.75) is 6.17 Å². The van der Waals surface area contributed by atoms with Crippen molar-refractivity contribution in [1.82, 2.24) is 9.78 Å². The molecule has 2 unspecified atom stereocenters. The Hall–Kier alpha value is -2.18. The van der Waals surface area contributed by atoms with E-state index in [2.05, 4.69) is 10.1 Å². The number of methoxy groups -OCH3 is 1. The molecule has 2 heterocycles. The van der Waals surface area contributed by atoms with Crippen LogP contribution in [0.2, 0.25) is 0 Å². The zero-order valence-electron chi connectivity index (χ0n) is 11.1. The lowest BCUT2D eigenvalue weighted by Crippen LogP contribution is -2.33. The Morgan fingerprint density at radius 3 is 2.75 bits per heavy atom. The average Bonchev–Trinajstić information content (AvgIpc) is 2.93. The maximum Gasteiger partial charge on any atom is 0.152 e. The predicted octanol–water partition coefficient (Wildman–Crippen LogP) is 1.34. The van der Waals surface area contributed by atoms with Gasteiger partial charge in [0.1, 0.15) is 11.9 Å². The number of aromatic nitrogens is 2. The molecule has 0 amide bonds. The number of hydrogen-bond donors (Lipinski definition) is 2. The number of nitrogens with zero attached hydrogens (tertiary/aromatic N) is 3. The number of aliphatic hydroxyl groups is 1. The molecule has 2 aromatic rings. The molecule has 0 fully saturated rings. The molecule has 20 heavy (non-hydrogen) atoms. The highest BCUT2D eigenvalue weighted by atomic mass is 16.5. The third kappa shape index (κ3) is 2.09. The summed E-state index contributed by atoms with van der Waals surface area (Å²) in [5.74, 6) is 1.30. The van der Waals surface area contributed by atoms with Gasteiger partial charge in [-0.25, -0.2) is 9.67 Å². The van der Waals surface area contributed by atoms with Gasteiger partial charge in [-0.1, -0.05) is 0 Å². The summed E-state index contributed by atoms with van der Waals surface area (Å²) < 4.78 is 6.79. The Kier molecular flexibility index (Phi) is 3.25. The predicted molar refractivity (Wildman–Crippen MR) is 76.2 cm³/mol. The van der Waals surface area contributed by atoms with Crippen LogP contribution in [0, 0.1) is 5.92 Å². The van der Waals surface area contributed by atoms with Gasteiger partial charge >= 0.3 is 0 Å². The molecule has 0 spiro atoms. The fourth-order valence-electron chi connectivity index (χ4n) is 2.20. The van der Waals surface area contributed by atoms with Crippen LogP contribution in [0.25, 0.3) is 11.3 Å². The van der Waals surface area contributed by atoms with E-state index < -0.39 is 0 Å². The fourth-order valence-corrected chi connectivity index (χ4v) is 2.20. The van der Waals surface area contributed by atoms with Crippen molar-refractivity contribution in [3.05, 3.63) is 30.3 Å². The largest absolute Gasteiger partial charge is 0.497 e. The number of fused-ring (bicyclic) bond motifs is 1. The maximum atomic E-state index is 9.24. The van der Waals surface area contributed by atoms with Gasteiger partial charge in [0, 0.05) is 17.8 Å². The number of aliphatic hydroxyl groups excluding tert-OH is 1. The lowest BCUT2D eigenvalue weighted by Gasteiger charge is -2.23.